The van der Waals surface area contributed by atoms with Crippen molar-refractivity contribution >= 4 is 23.8 Å². The molecule has 0 saturated carbocycles. The fourth-order valence-electron chi connectivity index (χ4n) is 1.85. The Balaban J connectivity index is 2.18. The molecule has 0 spiro atoms. The van der Waals surface area contributed by atoms with Crippen LogP contribution >= 0.6 is 11.8 Å². The van der Waals surface area contributed by atoms with Crippen molar-refractivity contribution in [2.45, 2.75) is 12.5 Å². The summed E-state index contributed by atoms with van der Waals surface area (Å²) >= 11 is 1.56. The van der Waals surface area contributed by atoms with Crippen LogP contribution in [0.5, 0.6) is 0 Å². The van der Waals surface area contributed by atoms with E-state index in [4.69, 9.17) is 9.84 Å². The smallest absolute Gasteiger partial charge is 0.326 e. The predicted molar refractivity (Wildman–Crippen MR) is 78.2 cm³/mol. The van der Waals surface area contributed by atoms with Crippen LogP contribution in [0.2, 0.25) is 0 Å². The third kappa shape index (κ3) is 6.97. The Morgan fingerprint density at radius 1 is 1.40 bits per heavy atom. The number of amides is 2. The van der Waals surface area contributed by atoms with Gasteiger partial charge in [-0.15, -0.1) is 0 Å². The number of carboxylic acids is 1. The highest BCUT2D eigenvalue weighted by atomic mass is 32.2. The lowest BCUT2D eigenvalue weighted by molar-refractivity contribution is -0.139. The number of morpholine rings is 1. The predicted octanol–water partition coefficient (Wildman–Crippen LogP) is -0.176. The lowest BCUT2D eigenvalue weighted by Crippen LogP contribution is -2.48. The summed E-state index contributed by atoms with van der Waals surface area (Å²) in [5.41, 5.74) is 0. The monoisotopic (exact) mass is 305 g/mol. The van der Waals surface area contributed by atoms with E-state index in [1.54, 1.807) is 11.8 Å². The number of ether oxygens (including phenoxy) is 1. The molecular formula is C12H23N3O4S. The van der Waals surface area contributed by atoms with E-state index in [-0.39, 0.29) is 0 Å². The molecule has 0 aliphatic carbocycles. The lowest BCUT2D eigenvalue weighted by Gasteiger charge is -2.26. The second-order valence-corrected chi connectivity index (χ2v) is 5.51. The number of nitrogens with zero attached hydrogens (tertiary/aromatic N) is 1. The maximum atomic E-state index is 11.6. The van der Waals surface area contributed by atoms with E-state index in [1.807, 2.05) is 6.26 Å². The molecule has 1 aliphatic rings. The molecule has 116 valence electrons. The SMILES string of the molecule is CSCC[C@@H](NC(=O)NCCN1CCOCC1)C(=O)O. The van der Waals surface area contributed by atoms with Crippen molar-refractivity contribution in [3.05, 3.63) is 0 Å². The van der Waals surface area contributed by atoms with Crippen LogP contribution < -0.4 is 10.6 Å². The second-order valence-electron chi connectivity index (χ2n) is 4.53. The number of hydrogen-bond donors (Lipinski definition) is 3. The number of carbonyl (C=O) groups excluding carboxylic acids is 1. The Kier molecular flexibility index (Phi) is 8.40. The van der Waals surface area contributed by atoms with Gasteiger partial charge in [0.05, 0.1) is 13.2 Å². The van der Waals surface area contributed by atoms with Crippen LogP contribution in [-0.2, 0) is 9.53 Å². The average Bonchev–Trinajstić information content (AvgIpc) is 2.44. The Hall–Kier alpha value is -0.990. The van der Waals surface area contributed by atoms with Gasteiger partial charge in [0.25, 0.3) is 0 Å². The number of aliphatic carboxylic acids is 1. The van der Waals surface area contributed by atoms with Crippen molar-refractivity contribution in [1.82, 2.24) is 15.5 Å². The Morgan fingerprint density at radius 3 is 2.70 bits per heavy atom. The van der Waals surface area contributed by atoms with Gasteiger partial charge in [0, 0.05) is 26.2 Å². The number of rotatable bonds is 8. The molecular weight excluding hydrogens is 282 g/mol. The van der Waals surface area contributed by atoms with Crippen molar-refractivity contribution in [2.24, 2.45) is 0 Å². The fourth-order valence-corrected chi connectivity index (χ4v) is 2.33. The third-order valence-electron chi connectivity index (χ3n) is 3.03. The Labute approximate surface area is 123 Å². The number of urea groups is 1. The first kappa shape index (κ1) is 17.1. The van der Waals surface area contributed by atoms with Crippen LogP contribution in [0, 0.1) is 0 Å². The van der Waals surface area contributed by atoms with E-state index in [1.165, 1.54) is 0 Å². The summed E-state index contributed by atoms with van der Waals surface area (Å²) in [5.74, 6) is -0.298. The van der Waals surface area contributed by atoms with Gasteiger partial charge in [0.1, 0.15) is 6.04 Å². The summed E-state index contributed by atoms with van der Waals surface area (Å²) in [6.45, 7) is 4.44. The highest BCUT2D eigenvalue weighted by Crippen LogP contribution is 2.01. The molecule has 1 aliphatic heterocycles. The van der Waals surface area contributed by atoms with Crippen molar-refractivity contribution in [2.75, 3.05) is 51.4 Å². The molecule has 1 heterocycles. The van der Waals surface area contributed by atoms with Crippen LogP contribution in [0.4, 0.5) is 4.79 Å². The quantitative estimate of drug-likeness (QED) is 0.576. The van der Waals surface area contributed by atoms with Gasteiger partial charge in [-0.25, -0.2) is 9.59 Å². The molecule has 3 N–H and O–H groups in total. The van der Waals surface area contributed by atoms with Gasteiger partial charge in [0.2, 0.25) is 0 Å². The summed E-state index contributed by atoms with van der Waals surface area (Å²) < 4.78 is 5.24. The molecule has 7 nitrogen and oxygen atoms in total. The standard InChI is InChI=1S/C12H23N3O4S/c1-20-9-2-10(11(16)17)14-12(18)13-3-4-15-5-7-19-8-6-15/h10H,2-9H2,1H3,(H,16,17)(H2,13,14,18)/t10-/m1/s1. The van der Waals surface area contributed by atoms with Crippen molar-refractivity contribution in [3.8, 4) is 0 Å². The van der Waals surface area contributed by atoms with Gasteiger partial charge in [0.15, 0.2) is 0 Å². The van der Waals surface area contributed by atoms with Gasteiger partial charge >= 0.3 is 12.0 Å². The summed E-state index contributed by atoms with van der Waals surface area (Å²) in [6, 6.07) is -1.25. The minimum Gasteiger partial charge on any atom is -0.480 e. The van der Waals surface area contributed by atoms with Crippen LogP contribution in [0.25, 0.3) is 0 Å². The van der Waals surface area contributed by atoms with Crippen LogP contribution in [0.15, 0.2) is 0 Å². The second kappa shape index (κ2) is 9.84. The average molecular weight is 305 g/mol. The highest BCUT2D eigenvalue weighted by Gasteiger charge is 2.19. The number of carbonyl (C=O) groups is 2. The van der Waals surface area contributed by atoms with E-state index >= 15 is 0 Å². The molecule has 0 unspecified atom stereocenters. The molecule has 2 amide bonds. The van der Waals surface area contributed by atoms with Crippen LogP contribution in [0.1, 0.15) is 6.42 Å². The van der Waals surface area contributed by atoms with Gasteiger partial charge in [-0.3, -0.25) is 4.90 Å². The largest absolute Gasteiger partial charge is 0.480 e. The highest BCUT2D eigenvalue weighted by molar-refractivity contribution is 7.98. The zero-order valence-electron chi connectivity index (χ0n) is 11.8. The van der Waals surface area contributed by atoms with E-state index in [0.29, 0.717) is 18.7 Å². The zero-order valence-corrected chi connectivity index (χ0v) is 12.6. The van der Waals surface area contributed by atoms with Gasteiger partial charge < -0.3 is 20.5 Å². The van der Waals surface area contributed by atoms with E-state index in [9.17, 15) is 9.59 Å². The minimum atomic E-state index is -0.998. The van der Waals surface area contributed by atoms with Crippen molar-refractivity contribution < 1.29 is 19.4 Å². The number of thioether (sulfide) groups is 1. The minimum absolute atomic E-state index is 0.424. The Bertz CT molecular complexity index is 311. The Morgan fingerprint density at radius 2 is 2.10 bits per heavy atom. The molecule has 0 radical (unpaired) electrons. The summed E-state index contributed by atoms with van der Waals surface area (Å²) in [4.78, 5) is 24.8. The van der Waals surface area contributed by atoms with E-state index in [2.05, 4.69) is 15.5 Å². The fraction of sp³-hybridized carbons (Fsp3) is 0.833. The summed E-state index contributed by atoms with van der Waals surface area (Å²) in [5, 5.41) is 14.2. The molecule has 8 heteroatoms. The molecule has 20 heavy (non-hydrogen) atoms. The van der Waals surface area contributed by atoms with Crippen LogP contribution in [0.3, 0.4) is 0 Å². The third-order valence-corrected chi connectivity index (χ3v) is 3.68. The zero-order chi connectivity index (χ0) is 14.8. The maximum Gasteiger partial charge on any atom is 0.326 e. The lowest BCUT2D eigenvalue weighted by atomic mass is 10.2. The molecule has 1 atom stereocenters. The number of hydrogen-bond acceptors (Lipinski definition) is 5. The first-order chi connectivity index (χ1) is 9.63. The molecule has 0 aromatic rings. The summed E-state index contributed by atoms with van der Waals surface area (Å²) in [7, 11) is 0. The number of carboxylic acid groups (broad SMARTS) is 1. The summed E-state index contributed by atoms with van der Waals surface area (Å²) in [6.07, 6.45) is 2.33. The molecule has 1 rings (SSSR count). The number of nitrogens with one attached hydrogen (secondary N) is 2. The normalized spacial score (nSPS) is 17.4. The van der Waals surface area contributed by atoms with Crippen molar-refractivity contribution in [1.29, 1.82) is 0 Å². The molecule has 0 aromatic heterocycles. The first-order valence-electron chi connectivity index (χ1n) is 6.69. The first-order valence-corrected chi connectivity index (χ1v) is 8.09. The molecule has 1 fully saturated rings. The van der Waals surface area contributed by atoms with Gasteiger partial charge in [-0.2, -0.15) is 11.8 Å². The van der Waals surface area contributed by atoms with Gasteiger partial charge in [-0.1, -0.05) is 0 Å². The van der Waals surface area contributed by atoms with Crippen molar-refractivity contribution in [3.63, 3.8) is 0 Å². The van der Waals surface area contributed by atoms with Gasteiger partial charge in [-0.05, 0) is 18.4 Å². The molecule has 1 saturated heterocycles. The molecule has 0 aromatic carbocycles. The topological polar surface area (TPSA) is 90.9 Å². The molecule has 0 bridgehead atoms. The maximum absolute atomic E-state index is 11.6. The van der Waals surface area contributed by atoms with Crippen LogP contribution in [-0.4, -0.2) is 79.5 Å². The van der Waals surface area contributed by atoms with E-state index in [0.717, 1.165) is 32.8 Å². The van der Waals surface area contributed by atoms with E-state index < -0.39 is 18.0 Å².